The van der Waals surface area contributed by atoms with E-state index in [1.165, 1.54) is 6.42 Å². The van der Waals surface area contributed by atoms with Gasteiger partial charge in [0.2, 0.25) is 0 Å². The molecule has 1 unspecified atom stereocenters. The van der Waals surface area contributed by atoms with Gasteiger partial charge in [0.15, 0.2) is 0 Å². The highest BCUT2D eigenvalue weighted by Crippen LogP contribution is 2.17. The lowest BCUT2D eigenvalue weighted by molar-refractivity contribution is 0.0697. The van der Waals surface area contributed by atoms with E-state index >= 15 is 0 Å². The Morgan fingerprint density at radius 2 is 2.05 bits per heavy atom. The summed E-state index contributed by atoms with van der Waals surface area (Å²) in [4.78, 5) is 15.4. The molecule has 0 aliphatic heterocycles. The van der Waals surface area contributed by atoms with Crippen molar-refractivity contribution >= 4 is 11.8 Å². The molecule has 4 heteroatoms. The van der Waals surface area contributed by atoms with Gasteiger partial charge < -0.3 is 10.4 Å². The number of carboxylic acid groups (broad SMARTS) is 1. The van der Waals surface area contributed by atoms with Gasteiger partial charge in [0, 0.05) is 12.2 Å². The minimum Gasteiger partial charge on any atom is -0.478 e. The number of pyridine rings is 1. The summed E-state index contributed by atoms with van der Waals surface area (Å²) < 4.78 is 0. The minimum absolute atomic E-state index is 0.229. The molecule has 0 aliphatic carbocycles. The molecule has 0 aliphatic rings. The molecule has 1 atom stereocenters. The number of rotatable bonds is 7. The largest absolute Gasteiger partial charge is 0.478 e. The molecular formula is C15H24N2O2. The minimum atomic E-state index is -0.937. The molecule has 0 saturated heterocycles. The summed E-state index contributed by atoms with van der Waals surface area (Å²) in [7, 11) is 0. The van der Waals surface area contributed by atoms with E-state index in [1.54, 1.807) is 12.3 Å². The SMILES string of the molecule is Cc1cnc(NC(C)CCCC(C)C)c(C(=O)O)c1. The molecule has 2 N–H and O–H groups in total. The number of hydrogen-bond donors (Lipinski definition) is 2. The van der Waals surface area contributed by atoms with Crippen LogP contribution in [0.1, 0.15) is 56.0 Å². The van der Waals surface area contributed by atoms with Crippen LogP contribution in [0, 0.1) is 12.8 Å². The quantitative estimate of drug-likeness (QED) is 0.788. The Bertz CT molecular complexity index is 430. The fourth-order valence-electron chi connectivity index (χ4n) is 1.99. The first-order valence-corrected chi connectivity index (χ1v) is 6.86. The van der Waals surface area contributed by atoms with Gasteiger partial charge >= 0.3 is 5.97 Å². The van der Waals surface area contributed by atoms with Crippen molar-refractivity contribution in [3.8, 4) is 0 Å². The lowest BCUT2D eigenvalue weighted by Gasteiger charge is -2.16. The number of nitrogens with zero attached hydrogens (tertiary/aromatic N) is 1. The van der Waals surface area contributed by atoms with E-state index in [9.17, 15) is 9.90 Å². The predicted octanol–water partition coefficient (Wildman–Crippen LogP) is 3.71. The lowest BCUT2D eigenvalue weighted by atomic mass is 10.0. The van der Waals surface area contributed by atoms with Gasteiger partial charge in [-0.2, -0.15) is 0 Å². The van der Waals surface area contributed by atoms with Gasteiger partial charge in [0.1, 0.15) is 11.4 Å². The van der Waals surface area contributed by atoms with Crippen molar-refractivity contribution in [2.45, 2.75) is 53.0 Å². The van der Waals surface area contributed by atoms with Crippen LogP contribution in [0.5, 0.6) is 0 Å². The number of aromatic carboxylic acids is 1. The maximum Gasteiger partial charge on any atom is 0.339 e. The third kappa shape index (κ3) is 5.28. The topological polar surface area (TPSA) is 62.2 Å². The fourth-order valence-corrected chi connectivity index (χ4v) is 1.99. The summed E-state index contributed by atoms with van der Waals surface area (Å²) in [6, 6.07) is 1.88. The molecule has 0 spiro atoms. The molecule has 1 heterocycles. The Balaban J connectivity index is 2.63. The zero-order chi connectivity index (χ0) is 14.4. The van der Waals surface area contributed by atoms with Crippen LogP contribution < -0.4 is 5.32 Å². The summed E-state index contributed by atoms with van der Waals surface area (Å²) in [5.41, 5.74) is 1.10. The number of nitrogens with one attached hydrogen (secondary N) is 1. The molecule has 1 aromatic heterocycles. The number of aryl methyl sites for hydroxylation is 1. The summed E-state index contributed by atoms with van der Waals surface area (Å²) in [5, 5.41) is 12.4. The molecule has 1 rings (SSSR count). The van der Waals surface area contributed by atoms with E-state index in [0.717, 1.165) is 18.4 Å². The Hall–Kier alpha value is -1.58. The van der Waals surface area contributed by atoms with Crippen LogP contribution >= 0.6 is 0 Å². The van der Waals surface area contributed by atoms with Crippen LogP contribution in [0.15, 0.2) is 12.3 Å². The van der Waals surface area contributed by atoms with Crippen LogP contribution in [-0.4, -0.2) is 22.1 Å². The molecule has 1 aromatic rings. The van der Waals surface area contributed by atoms with Crippen molar-refractivity contribution < 1.29 is 9.90 Å². The molecule has 106 valence electrons. The molecule has 0 fully saturated rings. The van der Waals surface area contributed by atoms with Crippen molar-refractivity contribution in [3.63, 3.8) is 0 Å². The maximum absolute atomic E-state index is 11.2. The van der Waals surface area contributed by atoms with Gasteiger partial charge in [-0.05, 0) is 37.8 Å². The Labute approximate surface area is 115 Å². The Morgan fingerprint density at radius 3 is 2.63 bits per heavy atom. The van der Waals surface area contributed by atoms with Gasteiger partial charge in [-0.1, -0.05) is 26.7 Å². The molecular weight excluding hydrogens is 240 g/mol. The second kappa shape index (κ2) is 7.12. The van der Waals surface area contributed by atoms with Crippen LogP contribution in [0.25, 0.3) is 0 Å². The lowest BCUT2D eigenvalue weighted by Crippen LogP contribution is -2.18. The van der Waals surface area contributed by atoms with Crippen molar-refractivity contribution in [2.75, 3.05) is 5.32 Å². The van der Waals surface area contributed by atoms with Gasteiger partial charge in [0.25, 0.3) is 0 Å². The van der Waals surface area contributed by atoms with Gasteiger partial charge in [-0.25, -0.2) is 9.78 Å². The van der Waals surface area contributed by atoms with Crippen molar-refractivity contribution in [1.29, 1.82) is 0 Å². The van der Waals surface area contributed by atoms with Crippen LogP contribution in [0.3, 0.4) is 0 Å². The fraction of sp³-hybridized carbons (Fsp3) is 0.600. The second-order valence-corrected chi connectivity index (χ2v) is 5.58. The Kier molecular flexibility index (Phi) is 5.80. The zero-order valence-electron chi connectivity index (χ0n) is 12.2. The molecule has 0 amide bonds. The Morgan fingerprint density at radius 1 is 1.37 bits per heavy atom. The van der Waals surface area contributed by atoms with Gasteiger partial charge in [-0.3, -0.25) is 0 Å². The molecule has 0 radical (unpaired) electrons. The van der Waals surface area contributed by atoms with Crippen LogP contribution in [0.4, 0.5) is 5.82 Å². The van der Waals surface area contributed by atoms with Crippen molar-refractivity contribution in [1.82, 2.24) is 4.98 Å². The molecule has 4 nitrogen and oxygen atoms in total. The third-order valence-electron chi connectivity index (χ3n) is 3.06. The highest BCUT2D eigenvalue weighted by Gasteiger charge is 2.13. The summed E-state index contributed by atoms with van der Waals surface area (Å²) in [5.74, 6) is 0.238. The molecule has 0 aromatic carbocycles. The number of aromatic nitrogens is 1. The normalized spacial score (nSPS) is 12.5. The first-order chi connectivity index (χ1) is 8.90. The van der Waals surface area contributed by atoms with Gasteiger partial charge in [-0.15, -0.1) is 0 Å². The van der Waals surface area contributed by atoms with E-state index in [-0.39, 0.29) is 11.6 Å². The smallest absolute Gasteiger partial charge is 0.339 e. The summed E-state index contributed by atoms with van der Waals surface area (Å²) in [6.45, 7) is 8.33. The predicted molar refractivity (Wildman–Crippen MR) is 77.7 cm³/mol. The van der Waals surface area contributed by atoms with E-state index in [1.807, 2.05) is 6.92 Å². The first kappa shape index (κ1) is 15.5. The van der Waals surface area contributed by atoms with Crippen molar-refractivity contribution in [2.24, 2.45) is 5.92 Å². The maximum atomic E-state index is 11.2. The van der Waals surface area contributed by atoms with E-state index in [2.05, 4.69) is 31.1 Å². The van der Waals surface area contributed by atoms with Crippen LogP contribution in [0.2, 0.25) is 0 Å². The average molecular weight is 264 g/mol. The number of anilines is 1. The number of carbonyl (C=O) groups is 1. The van der Waals surface area contributed by atoms with Crippen molar-refractivity contribution in [3.05, 3.63) is 23.4 Å². The van der Waals surface area contributed by atoms with E-state index < -0.39 is 5.97 Å². The standard InChI is InChI=1S/C15H24N2O2/c1-10(2)6-5-7-12(4)17-14-13(15(18)19)8-11(3)9-16-14/h8-10,12H,5-7H2,1-4H3,(H,16,17)(H,18,19). The highest BCUT2D eigenvalue weighted by molar-refractivity contribution is 5.93. The third-order valence-corrected chi connectivity index (χ3v) is 3.06. The number of hydrogen-bond acceptors (Lipinski definition) is 3. The second-order valence-electron chi connectivity index (χ2n) is 5.58. The molecule has 0 saturated carbocycles. The summed E-state index contributed by atoms with van der Waals surface area (Å²) in [6.07, 6.45) is 5.04. The molecule has 19 heavy (non-hydrogen) atoms. The first-order valence-electron chi connectivity index (χ1n) is 6.86. The monoisotopic (exact) mass is 264 g/mol. The molecule has 0 bridgehead atoms. The highest BCUT2D eigenvalue weighted by atomic mass is 16.4. The van der Waals surface area contributed by atoms with E-state index in [0.29, 0.717) is 11.7 Å². The van der Waals surface area contributed by atoms with Gasteiger partial charge in [0.05, 0.1) is 0 Å². The van der Waals surface area contributed by atoms with E-state index in [4.69, 9.17) is 0 Å². The zero-order valence-corrected chi connectivity index (χ0v) is 12.2. The average Bonchev–Trinajstić information content (AvgIpc) is 2.30. The number of carboxylic acids is 1. The van der Waals surface area contributed by atoms with Crippen LogP contribution in [-0.2, 0) is 0 Å². The summed E-state index contributed by atoms with van der Waals surface area (Å²) >= 11 is 0.